The van der Waals surface area contributed by atoms with E-state index in [0.717, 1.165) is 12.1 Å². The molecular formula is C11H10FNO4. The Morgan fingerprint density at radius 2 is 2.06 bits per heavy atom. The molecule has 0 amide bonds. The SMILES string of the molecule is CCOC(=O)/C=C(\F)c1ccc([N+](=O)[O-])cc1. The molecule has 1 rings (SSSR count). The van der Waals surface area contributed by atoms with Crippen LogP contribution in [-0.2, 0) is 9.53 Å². The van der Waals surface area contributed by atoms with Crippen LogP contribution in [0.4, 0.5) is 10.1 Å². The largest absolute Gasteiger partial charge is 0.463 e. The first kappa shape index (κ1) is 12.8. The number of hydrogen-bond donors (Lipinski definition) is 0. The van der Waals surface area contributed by atoms with Crippen molar-refractivity contribution in [3.63, 3.8) is 0 Å². The number of non-ortho nitro benzene ring substituents is 1. The number of ether oxygens (including phenoxy) is 1. The van der Waals surface area contributed by atoms with Gasteiger partial charge >= 0.3 is 5.97 Å². The lowest BCUT2D eigenvalue weighted by atomic mass is 10.2. The maximum atomic E-state index is 13.4. The average molecular weight is 239 g/mol. The van der Waals surface area contributed by atoms with E-state index in [4.69, 9.17) is 0 Å². The number of halogens is 1. The minimum Gasteiger partial charge on any atom is -0.463 e. The number of nitro groups is 1. The first-order chi connectivity index (χ1) is 8.04. The molecular weight excluding hydrogens is 229 g/mol. The Morgan fingerprint density at radius 1 is 1.47 bits per heavy atom. The third kappa shape index (κ3) is 3.67. The summed E-state index contributed by atoms with van der Waals surface area (Å²) in [4.78, 5) is 20.7. The number of esters is 1. The molecule has 0 saturated carbocycles. The van der Waals surface area contributed by atoms with Crippen LogP contribution in [0.3, 0.4) is 0 Å². The van der Waals surface area contributed by atoms with E-state index in [9.17, 15) is 19.3 Å². The van der Waals surface area contributed by atoms with Crippen molar-refractivity contribution in [2.45, 2.75) is 6.92 Å². The van der Waals surface area contributed by atoms with Gasteiger partial charge in [0.25, 0.3) is 5.69 Å². The number of rotatable bonds is 4. The monoisotopic (exact) mass is 239 g/mol. The van der Waals surface area contributed by atoms with Crippen LogP contribution < -0.4 is 0 Å². The minimum atomic E-state index is -0.793. The highest BCUT2D eigenvalue weighted by Crippen LogP contribution is 2.19. The molecule has 0 saturated heterocycles. The van der Waals surface area contributed by atoms with Gasteiger partial charge in [0.05, 0.1) is 17.6 Å². The van der Waals surface area contributed by atoms with Crippen LogP contribution in [0.2, 0.25) is 0 Å². The topological polar surface area (TPSA) is 69.4 Å². The van der Waals surface area contributed by atoms with Gasteiger partial charge in [0.15, 0.2) is 0 Å². The van der Waals surface area contributed by atoms with E-state index in [2.05, 4.69) is 4.74 Å². The van der Waals surface area contributed by atoms with Crippen molar-refractivity contribution in [2.75, 3.05) is 6.61 Å². The van der Waals surface area contributed by atoms with Crippen molar-refractivity contribution < 1.29 is 18.8 Å². The second-order valence-corrected chi connectivity index (χ2v) is 3.05. The number of benzene rings is 1. The molecule has 17 heavy (non-hydrogen) atoms. The highest BCUT2D eigenvalue weighted by atomic mass is 19.1. The third-order valence-corrected chi connectivity index (χ3v) is 1.89. The van der Waals surface area contributed by atoms with Crippen LogP contribution >= 0.6 is 0 Å². The second-order valence-electron chi connectivity index (χ2n) is 3.05. The molecule has 0 heterocycles. The van der Waals surface area contributed by atoms with Crippen LogP contribution in [0.1, 0.15) is 12.5 Å². The van der Waals surface area contributed by atoms with Crippen molar-refractivity contribution in [2.24, 2.45) is 0 Å². The Hall–Kier alpha value is -2.24. The summed E-state index contributed by atoms with van der Waals surface area (Å²) in [6.45, 7) is 1.76. The zero-order valence-electron chi connectivity index (χ0n) is 9.05. The van der Waals surface area contributed by atoms with Crippen LogP contribution in [0.5, 0.6) is 0 Å². The van der Waals surface area contributed by atoms with E-state index < -0.39 is 16.7 Å². The molecule has 0 aliphatic heterocycles. The molecule has 0 spiro atoms. The number of carbonyl (C=O) groups is 1. The zero-order valence-corrected chi connectivity index (χ0v) is 9.05. The first-order valence-electron chi connectivity index (χ1n) is 4.83. The fourth-order valence-corrected chi connectivity index (χ4v) is 1.11. The maximum absolute atomic E-state index is 13.4. The molecule has 0 bridgehead atoms. The van der Waals surface area contributed by atoms with Gasteiger partial charge in [-0.15, -0.1) is 0 Å². The summed E-state index contributed by atoms with van der Waals surface area (Å²) >= 11 is 0. The quantitative estimate of drug-likeness (QED) is 0.350. The second kappa shape index (κ2) is 5.74. The third-order valence-electron chi connectivity index (χ3n) is 1.89. The summed E-state index contributed by atoms with van der Waals surface area (Å²) in [5.41, 5.74) is -0.0543. The molecule has 6 heteroatoms. The summed E-state index contributed by atoms with van der Waals surface area (Å²) in [6.07, 6.45) is 0.699. The van der Waals surface area contributed by atoms with Crippen LogP contribution in [0.15, 0.2) is 30.3 Å². The normalized spacial score (nSPS) is 11.1. The number of nitro benzene ring substituents is 1. The molecule has 1 aromatic rings. The molecule has 0 unspecified atom stereocenters. The van der Waals surface area contributed by atoms with E-state index in [1.165, 1.54) is 12.1 Å². The Morgan fingerprint density at radius 3 is 2.53 bits per heavy atom. The van der Waals surface area contributed by atoms with Crippen molar-refractivity contribution in [3.05, 3.63) is 46.0 Å². The molecule has 0 aliphatic carbocycles. The number of nitrogens with zero attached hydrogens (tertiary/aromatic N) is 1. The van der Waals surface area contributed by atoms with Crippen LogP contribution in [0.25, 0.3) is 5.83 Å². The van der Waals surface area contributed by atoms with Gasteiger partial charge in [0.2, 0.25) is 0 Å². The molecule has 90 valence electrons. The van der Waals surface area contributed by atoms with E-state index in [1.54, 1.807) is 6.92 Å². The summed E-state index contributed by atoms with van der Waals surface area (Å²) in [5, 5.41) is 10.4. The first-order valence-corrected chi connectivity index (χ1v) is 4.83. The Labute approximate surface area is 96.7 Å². The number of hydrogen-bond acceptors (Lipinski definition) is 4. The fraction of sp³-hybridized carbons (Fsp3) is 0.182. The molecule has 1 aromatic carbocycles. The Bertz CT molecular complexity index is 453. The van der Waals surface area contributed by atoms with Gasteiger partial charge in [-0.2, -0.15) is 0 Å². The standard InChI is InChI=1S/C11H10FNO4/c1-2-17-11(14)7-10(12)8-3-5-9(6-4-8)13(15)16/h3-7H,2H2,1H3/b10-7-. The molecule has 0 aliphatic rings. The molecule has 5 nitrogen and oxygen atoms in total. The van der Waals surface area contributed by atoms with Crippen molar-refractivity contribution in [1.82, 2.24) is 0 Å². The lowest BCUT2D eigenvalue weighted by Gasteiger charge is -1.98. The molecule has 0 radical (unpaired) electrons. The predicted molar refractivity (Wildman–Crippen MR) is 58.8 cm³/mol. The lowest BCUT2D eigenvalue weighted by Crippen LogP contribution is -1.99. The molecule has 0 N–H and O–H groups in total. The van der Waals surface area contributed by atoms with Gasteiger partial charge in [0.1, 0.15) is 5.83 Å². The minimum absolute atomic E-state index is 0.0867. The van der Waals surface area contributed by atoms with Gasteiger partial charge in [0, 0.05) is 17.7 Å². The summed E-state index contributed by atoms with van der Waals surface area (Å²) < 4.78 is 18.0. The summed E-state index contributed by atoms with van der Waals surface area (Å²) in [5.74, 6) is -1.58. The lowest BCUT2D eigenvalue weighted by molar-refractivity contribution is -0.384. The fourth-order valence-electron chi connectivity index (χ4n) is 1.11. The van der Waals surface area contributed by atoms with E-state index in [-0.39, 0.29) is 17.9 Å². The highest BCUT2D eigenvalue weighted by molar-refractivity contribution is 5.89. The van der Waals surface area contributed by atoms with Gasteiger partial charge in [-0.1, -0.05) is 0 Å². The summed E-state index contributed by atoms with van der Waals surface area (Å²) in [7, 11) is 0. The van der Waals surface area contributed by atoms with E-state index >= 15 is 0 Å². The maximum Gasteiger partial charge on any atom is 0.333 e. The van der Waals surface area contributed by atoms with Crippen LogP contribution in [-0.4, -0.2) is 17.5 Å². The smallest absolute Gasteiger partial charge is 0.333 e. The van der Waals surface area contributed by atoms with E-state index in [1.807, 2.05) is 0 Å². The Kier molecular flexibility index (Phi) is 4.33. The highest BCUT2D eigenvalue weighted by Gasteiger charge is 2.08. The van der Waals surface area contributed by atoms with Crippen molar-refractivity contribution in [3.8, 4) is 0 Å². The van der Waals surface area contributed by atoms with Gasteiger partial charge < -0.3 is 4.74 Å². The van der Waals surface area contributed by atoms with Gasteiger partial charge in [-0.25, -0.2) is 9.18 Å². The predicted octanol–water partition coefficient (Wildman–Crippen LogP) is 2.47. The summed E-state index contributed by atoms with van der Waals surface area (Å²) in [6, 6.07) is 4.77. The zero-order chi connectivity index (χ0) is 12.8. The molecule has 0 aromatic heterocycles. The molecule has 0 fully saturated rings. The van der Waals surface area contributed by atoms with Crippen molar-refractivity contribution >= 4 is 17.5 Å². The average Bonchev–Trinajstić information content (AvgIpc) is 2.29. The molecule has 0 atom stereocenters. The van der Waals surface area contributed by atoms with Gasteiger partial charge in [-0.05, 0) is 19.1 Å². The van der Waals surface area contributed by atoms with Crippen molar-refractivity contribution in [1.29, 1.82) is 0 Å². The van der Waals surface area contributed by atoms with E-state index in [0.29, 0.717) is 6.08 Å². The number of carbonyl (C=O) groups excluding carboxylic acids is 1. The Balaban J connectivity index is 2.86. The van der Waals surface area contributed by atoms with Gasteiger partial charge in [-0.3, -0.25) is 10.1 Å². The van der Waals surface area contributed by atoms with Crippen LogP contribution in [0, 0.1) is 10.1 Å².